The Bertz CT molecular complexity index is 1000. The average molecular weight is 324 g/mol. The molecule has 2 aliphatic rings. The summed E-state index contributed by atoms with van der Waals surface area (Å²) >= 11 is 0. The highest BCUT2D eigenvalue weighted by atomic mass is 16.7. The van der Waals surface area contributed by atoms with Crippen molar-refractivity contribution in [3.63, 3.8) is 0 Å². The average Bonchev–Trinajstić information content (AvgIpc) is 3.23. The first-order valence-corrected chi connectivity index (χ1v) is 7.45. The van der Waals surface area contributed by atoms with Gasteiger partial charge in [-0.15, -0.1) is 0 Å². The number of fused-ring (bicyclic) bond motifs is 4. The fourth-order valence-electron chi connectivity index (χ4n) is 3.07. The van der Waals surface area contributed by atoms with Gasteiger partial charge in [-0.05, 0) is 35.3 Å². The van der Waals surface area contributed by atoms with Crippen molar-refractivity contribution < 1.29 is 23.7 Å². The van der Waals surface area contributed by atoms with Crippen LogP contribution in [0.25, 0.3) is 22.2 Å². The van der Waals surface area contributed by atoms with Crippen LogP contribution < -0.4 is 23.7 Å². The molecule has 0 saturated carbocycles. The van der Waals surface area contributed by atoms with Crippen LogP contribution in [0.1, 0.15) is 5.82 Å². The van der Waals surface area contributed by atoms with E-state index in [2.05, 4.69) is 4.98 Å². The SMILES string of the molecule is Cc1nc2ccc3c(c2c(-c2ccc4c(c2)OCO4)[n+]1[O-])OCO3. The van der Waals surface area contributed by atoms with Crippen LogP contribution in [0.4, 0.5) is 0 Å². The van der Waals surface area contributed by atoms with E-state index in [0.717, 1.165) is 4.73 Å². The Hall–Kier alpha value is -3.22. The Morgan fingerprint density at radius 1 is 0.958 bits per heavy atom. The quantitative estimate of drug-likeness (QED) is 0.505. The summed E-state index contributed by atoms with van der Waals surface area (Å²) in [7, 11) is 0. The summed E-state index contributed by atoms with van der Waals surface area (Å²) in [5.41, 5.74) is 1.84. The maximum absolute atomic E-state index is 12.8. The van der Waals surface area contributed by atoms with Gasteiger partial charge in [-0.25, -0.2) is 4.73 Å². The van der Waals surface area contributed by atoms with Crippen molar-refractivity contribution >= 4 is 10.9 Å². The molecule has 0 atom stereocenters. The van der Waals surface area contributed by atoms with E-state index >= 15 is 0 Å². The van der Waals surface area contributed by atoms with Gasteiger partial charge in [0.1, 0.15) is 5.39 Å². The van der Waals surface area contributed by atoms with E-state index < -0.39 is 0 Å². The van der Waals surface area contributed by atoms with Crippen molar-refractivity contribution in [1.82, 2.24) is 4.98 Å². The topological polar surface area (TPSA) is 76.8 Å². The first kappa shape index (κ1) is 13.2. The van der Waals surface area contributed by atoms with Crippen LogP contribution in [-0.4, -0.2) is 18.6 Å². The molecule has 120 valence electrons. The number of hydrogen-bond acceptors (Lipinski definition) is 6. The van der Waals surface area contributed by atoms with Crippen molar-refractivity contribution in [3.8, 4) is 34.3 Å². The first-order valence-electron chi connectivity index (χ1n) is 7.45. The maximum atomic E-state index is 12.8. The zero-order valence-electron chi connectivity index (χ0n) is 12.7. The predicted molar refractivity (Wildman–Crippen MR) is 83.1 cm³/mol. The zero-order valence-corrected chi connectivity index (χ0v) is 12.7. The van der Waals surface area contributed by atoms with Gasteiger partial charge in [0.15, 0.2) is 34.2 Å². The number of aromatic nitrogens is 2. The van der Waals surface area contributed by atoms with E-state index in [4.69, 9.17) is 18.9 Å². The van der Waals surface area contributed by atoms with E-state index in [-0.39, 0.29) is 13.6 Å². The van der Waals surface area contributed by atoms with Gasteiger partial charge in [-0.1, -0.05) is 0 Å². The van der Waals surface area contributed by atoms with Crippen molar-refractivity contribution in [1.29, 1.82) is 0 Å². The lowest BCUT2D eigenvalue weighted by Gasteiger charge is -2.14. The molecule has 0 N–H and O–H groups in total. The van der Waals surface area contributed by atoms with Crippen molar-refractivity contribution in [2.45, 2.75) is 6.92 Å². The van der Waals surface area contributed by atoms with Crippen molar-refractivity contribution in [2.75, 3.05) is 13.6 Å². The van der Waals surface area contributed by atoms with Crippen molar-refractivity contribution in [3.05, 3.63) is 41.4 Å². The van der Waals surface area contributed by atoms with Gasteiger partial charge in [0.25, 0.3) is 5.82 Å². The molecule has 0 unspecified atom stereocenters. The normalized spacial score (nSPS) is 14.4. The summed E-state index contributed by atoms with van der Waals surface area (Å²) in [5, 5.41) is 13.4. The first-order chi connectivity index (χ1) is 11.7. The van der Waals surface area contributed by atoms with Crippen LogP contribution in [0, 0.1) is 12.1 Å². The predicted octanol–water partition coefficient (Wildman–Crippen LogP) is 2.30. The van der Waals surface area contributed by atoms with Gasteiger partial charge in [-0.2, -0.15) is 0 Å². The number of nitrogens with zero attached hydrogens (tertiary/aromatic N) is 2. The van der Waals surface area contributed by atoms with E-state index in [1.807, 2.05) is 12.1 Å². The fourth-order valence-corrected chi connectivity index (χ4v) is 3.07. The number of rotatable bonds is 1. The minimum atomic E-state index is 0.127. The lowest BCUT2D eigenvalue weighted by molar-refractivity contribution is -0.602. The van der Waals surface area contributed by atoms with Gasteiger partial charge >= 0.3 is 0 Å². The maximum Gasteiger partial charge on any atom is 0.299 e. The van der Waals surface area contributed by atoms with Gasteiger partial charge in [-0.3, -0.25) is 0 Å². The van der Waals surface area contributed by atoms with E-state index in [9.17, 15) is 5.21 Å². The summed E-state index contributed by atoms with van der Waals surface area (Å²) < 4.78 is 22.6. The third-order valence-electron chi connectivity index (χ3n) is 4.18. The molecule has 0 amide bonds. The number of aryl methyl sites for hydroxylation is 1. The largest absolute Gasteiger partial charge is 0.710 e. The molecule has 7 nitrogen and oxygen atoms in total. The second-order valence-electron chi connectivity index (χ2n) is 5.56. The summed E-state index contributed by atoms with van der Waals surface area (Å²) in [6.45, 7) is 1.98. The Kier molecular flexibility index (Phi) is 2.56. The minimum absolute atomic E-state index is 0.127. The van der Waals surface area contributed by atoms with Crippen molar-refractivity contribution in [2.24, 2.45) is 0 Å². The molecule has 1 aromatic heterocycles. The molecule has 0 radical (unpaired) electrons. The highest BCUT2D eigenvalue weighted by molar-refractivity contribution is 5.98. The highest BCUT2D eigenvalue weighted by Crippen LogP contribution is 2.43. The minimum Gasteiger partial charge on any atom is -0.710 e. The van der Waals surface area contributed by atoms with E-state index in [1.165, 1.54) is 0 Å². The van der Waals surface area contributed by atoms with Crippen LogP contribution in [0.3, 0.4) is 0 Å². The standard InChI is InChI=1S/C17H12N2O5/c1-9-18-11-3-5-13-17(24-8-22-13)15(11)16(19(9)20)10-2-4-12-14(6-10)23-7-21-12/h2-6H,7-8H2,1H3. The van der Waals surface area contributed by atoms with Crippen LogP contribution >= 0.6 is 0 Å². The molecule has 24 heavy (non-hydrogen) atoms. The van der Waals surface area contributed by atoms with Crippen LogP contribution in [0.5, 0.6) is 23.0 Å². The molecule has 0 aliphatic carbocycles. The Balaban J connectivity index is 1.87. The summed E-state index contributed by atoms with van der Waals surface area (Å²) in [5.74, 6) is 2.78. The molecular weight excluding hydrogens is 312 g/mol. The molecule has 0 bridgehead atoms. The molecule has 7 heteroatoms. The molecule has 0 fully saturated rings. The molecule has 0 spiro atoms. The van der Waals surface area contributed by atoms with E-state index in [0.29, 0.717) is 51.0 Å². The van der Waals surface area contributed by atoms with Gasteiger partial charge < -0.3 is 24.2 Å². The van der Waals surface area contributed by atoms with Crippen LogP contribution in [0.15, 0.2) is 30.3 Å². The zero-order chi connectivity index (χ0) is 16.3. The van der Waals surface area contributed by atoms with E-state index in [1.54, 1.807) is 25.1 Å². The lowest BCUT2D eigenvalue weighted by Crippen LogP contribution is -2.34. The lowest BCUT2D eigenvalue weighted by atomic mass is 10.0. The second kappa shape index (κ2) is 4.64. The van der Waals surface area contributed by atoms with Gasteiger partial charge in [0.2, 0.25) is 13.6 Å². The third kappa shape index (κ3) is 1.72. The monoisotopic (exact) mass is 324 g/mol. The Morgan fingerprint density at radius 3 is 2.62 bits per heavy atom. The third-order valence-corrected chi connectivity index (χ3v) is 4.18. The van der Waals surface area contributed by atoms with Gasteiger partial charge in [0.05, 0.1) is 0 Å². The Morgan fingerprint density at radius 2 is 1.71 bits per heavy atom. The molecular formula is C17H12N2O5. The Labute approximate surface area is 136 Å². The second-order valence-corrected chi connectivity index (χ2v) is 5.56. The fraction of sp³-hybridized carbons (Fsp3) is 0.176. The number of benzene rings is 2. The molecule has 2 aliphatic heterocycles. The molecule has 3 aromatic rings. The smallest absolute Gasteiger partial charge is 0.299 e. The van der Waals surface area contributed by atoms with Gasteiger partial charge in [0, 0.05) is 12.5 Å². The van der Waals surface area contributed by atoms with Crippen LogP contribution in [-0.2, 0) is 0 Å². The highest BCUT2D eigenvalue weighted by Gasteiger charge is 2.27. The molecule has 0 saturated heterocycles. The summed E-state index contributed by atoms with van der Waals surface area (Å²) in [6, 6.07) is 9.03. The summed E-state index contributed by atoms with van der Waals surface area (Å²) in [4.78, 5) is 4.37. The number of hydrogen-bond donors (Lipinski definition) is 0. The molecule has 3 heterocycles. The molecule has 2 aromatic carbocycles. The molecule has 5 rings (SSSR count). The number of ether oxygens (including phenoxy) is 4. The summed E-state index contributed by atoms with van der Waals surface area (Å²) in [6.07, 6.45) is 0. The van der Waals surface area contributed by atoms with Crippen LogP contribution in [0.2, 0.25) is 0 Å².